The van der Waals surface area contributed by atoms with Crippen molar-refractivity contribution in [2.75, 3.05) is 5.75 Å². The molecule has 1 nitrogen and oxygen atoms in total. The lowest BCUT2D eigenvalue weighted by Crippen LogP contribution is -2.05. The monoisotopic (exact) mass is 348 g/mol. The van der Waals surface area contributed by atoms with Gasteiger partial charge in [0.25, 0.3) is 0 Å². The van der Waals surface area contributed by atoms with Gasteiger partial charge in [0.15, 0.2) is 0 Å². The van der Waals surface area contributed by atoms with Gasteiger partial charge in [-0.3, -0.25) is 4.79 Å². The van der Waals surface area contributed by atoms with Gasteiger partial charge in [0.1, 0.15) is 5.78 Å². The molecule has 0 aliphatic carbocycles. The van der Waals surface area contributed by atoms with Crippen LogP contribution in [0.2, 0.25) is 0 Å². The third-order valence-corrected chi connectivity index (χ3v) is 4.65. The Bertz CT molecular complexity index is 561. The first-order valence-corrected chi connectivity index (χ1v) is 8.43. The third kappa shape index (κ3) is 4.80. The van der Waals surface area contributed by atoms with E-state index in [0.29, 0.717) is 12.2 Å². The molecule has 0 aliphatic heterocycles. The molecule has 0 heterocycles. The van der Waals surface area contributed by atoms with Crippen molar-refractivity contribution in [3.05, 3.63) is 64.1 Å². The Kier molecular flexibility index (Phi) is 5.86. The molecule has 0 atom stereocenters. The Morgan fingerprint density at radius 3 is 2.20 bits per heavy atom. The summed E-state index contributed by atoms with van der Waals surface area (Å²) >= 11 is 5.00. The second-order valence-corrected chi connectivity index (χ2v) is 6.59. The van der Waals surface area contributed by atoms with Gasteiger partial charge in [0.05, 0.1) is 5.75 Å². The molecule has 0 amide bonds. The molecule has 20 heavy (non-hydrogen) atoms. The Hall–Kier alpha value is -1.06. The maximum absolute atomic E-state index is 12.0. The lowest BCUT2D eigenvalue weighted by molar-refractivity contribution is -0.116. The summed E-state index contributed by atoms with van der Waals surface area (Å²) in [6.07, 6.45) is 1.56. The van der Waals surface area contributed by atoms with Crippen LogP contribution < -0.4 is 0 Å². The molecule has 0 bridgehead atoms. The summed E-state index contributed by atoms with van der Waals surface area (Å²) in [5.74, 6) is 0.791. The largest absolute Gasteiger partial charge is 0.298 e. The second-order valence-electron chi connectivity index (χ2n) is 4.63. The molecule has 0 aliphatic rings. The maximum Gasteiger partial charge on any atom is 0.147 e. The van der Waals surface area contributed by atoms with Gasteiger partial charge in [-0.15, -0.1) is 11.8 Å². The number of Topliss-reactive ketones (excluding diaryl/α,β-unsaturated/α-hetero) is 1. The van der Waals surface area contributed by atoms with E-state index >= 15 is 0 Å². The number of carbonyl (C=O) groups excluding carboxylic acids is 1. The van der Waals surface area contributed by atoms with Crippen molar-refractivity contribution in [1.82, 2.24) is 0 Å². The van der Waals surface area contributed by atoms with Crippen molar-refractivity contribution in [2.24, 2.45) is 0 Å². The normalized spacial score (nSPS) is 10.5. The number of ketones is 1. The number of hydrogen-bond donors (Lipinski definition) is 0. The van der Waals surface area contributed by atoms with Crippen LogP contribution in [0.3, 0.4) is 0 Å². The fourth-order valence-electron chi connectivity index (χ4n) is 1.87. The molecule has 0 saturated carbocycles. The number of rotatable bonds is 6. The number of hydrogen-bond acceptors (Lipinski definition) is 2. The van der Waals surface area contributed by atoms with E-state index in [1.54, 1.807) is 11.8 Å². The Morgan fingerprint density at radius 1 is 1.00 bits per heavy atom. The first-order chi connectivity index (χ1) is 9.67. The number of carbonyl (C=O) groups is 1. The SMILES string of the molecule is CCc1ccc(CC(=O)CSc2ccc(Br)cc2)cc1. The molecular formula is C17H17BrOS. The molecule has 0 saturated heterocycles. The van der Waals surface area contributed by atoms with Crippen LogP contribution >= 0.6 is 27.7 Å². The van der Waals surface area contributed by atoms with Gasteiger partial charge < -0.3 is 0 Å². The quantitative estimate of drug-likeness (QED) is 0.689. The van der Waals surface area contributed by atoms with Gasteiger partial charge in [-0.25, -0.2) is 0 Å². The van der Waals surface area contributed by atoms with Crippen LogP contribution in [0.5, 0.6) is 0 Å². The average molecular weight is 349 g/mol. The first-order valence-electron chi connectivity index (χ1n) is 6.65. The molecule has 0 radical (unpaired) electrons. The van der Waals surface area contributed by atoms with E-state index in [1.807, 2.05) is 24.3 Å². The molecule has 0 N–H and O–H groups in total. The fraction of sp³-hybridized carbons (Fsp3) is 0.235. The van der Waals surface area contributed by atoms with Crippen LogP contribution in [0.1, 0.15) is 18.1 Å². The van der Waals surface area contributed by atoms with Crippen molar-refractivity contribution in [3.8, 4) is 0 Å². The highest BCUT2D eigenvalue weighted by atomic mass is 79.9. The van der Waals surface area contributed by atoms with Gasteiger partial charge in [-0.1, -0.05) is 47.1 Å². The van der Waals surface area contributed by atoms with Crippen molar-refractivity contribution in [1.29, 1.82) is 0 Å². The summed E-state index contributed by atoms with van der Waals surface area (Å²) in [6.45, 7) is 2.13. The van der Waals surface area contributed by atoms with Gasteiger partial charge in [0.2, 0.25) is 0 Å². The van der Waals surface area contributed by atoms with E-state index < -0.39 is 0 Å². The van der Waals surface area contributed by atoms with E-state index in [4.69, 9.17) is 0 Å². The smallest absolute Gasteiger partial charge is 0.147 e. The molecule has 0 unspecified atom stereocenters. The van der Waals surface area contributed by atoms with Crippen LogP contribution in [-0.4, -0.2) is 11.5 Å². The van der Waals surface area contributed by atoms with E-state index in [0.717, 1.165) is 21.4 Å². The topological polar surface area (TPSA) is 17.1 Å². The summed E-state index contributed by atoms with van der Waals surface area (Å²) in [5, 5.41) is 0. The van der Waals surface area contributed by atoms with Crippen molar-refractivity contribution in [3.63, 3.8) is 0 Å². The predicted molar refractivity (Wildman–Crippen MR) is 89.4 cm³/mol. The van der Waals surface area contributed by atoms with E-state index in [2.05, 4.69) is 47.1 Å². The Labute approximate surface area is 132 Å². The highest BCUT2D eigenvalue weighted by Crippen LogP contribution is 2.21. The van der Waals surface area contributed by atoms with Crippen molar-refractivity contribution < 1.29 is 4.79 Å². The summed E-state index contributed by atoms with van der Waals surface area (Å²) < 4.78 is 1.06. The zero-order valence-electron chi connectivity index (χ0n) is 11.4. The van der Waals surface area contributed by atoms with Crippen LogP contribution in [0.25, 0.3) is 0 Å². The maximum atomic E-state index is 12.0. The first kappa shape index (κ1) is 15.3. The zero-order valence-corrected chi connectivity index (χ0v) is 13.8. The number of benzene rings is 2. The molecule has 104 valence electrons. The van der Waals surface area contributed by atoms with E-state index in [1.165, 1.54) is 5.56 Å². The number of thioether (sulfide) groups is 1. The average Bonchev–Trinajstić information content (AvgIpc) is 2.47. The van der Waals surface area contributed by atoms with Crippen LogP contribution in [0.15, 0.2) is 57.9 Å². The standard InChI is InChI=1S/C17H17BrOS/c1-2-13-3-5-14(6-4-13)11-16(19)12-20-17-9-7-15(18)8-10-17/h3-10H,2,11-12H2,1H3. The minimum Gasteiger partial charge on any atom is -0.298 e. The zero-order chi connectivity index (χ0) is 14.4. The minimum atomic E-state index is 0.266. The van der Waals surface area contributed by atoms with Crippen molar-refractivity contribution in [2.45, 2.75) is 24.7 Å². The summed E-state index contributed by atoms with van der Waals surface area (Å²) in [4.78, 5) is 13.1. The Morgan fingerprint density at radius 2 is 1.60 bits per heavy atom. The molecule has 0 spiro atoms. The highest BCUT2D eigenvalue weighted by molar-refractivity contribution is 9.10. The molecule has 0 aromatic heterocycles. The summed E-state index contributed by atoms with van der Waals surface area (Å²) in [7, 11) is 0. The van der Waals surface area contributed by atoms with Gasteiger partial charge in [0, 0.05) is 15.8 Å². The third-order valence-electron chi connectivity index (χ3n) is 3.05. The molecule has 0 fully saturated rings. The van der Waals surface area contributed by atoms with Gasteiger partial charge in [-0.05, 0) is 41.8 Å². The van der Waals surface area contributed by atoms with Crippen molar-refractivity contribution >= 4 is 33.5 Å². The summed E-state index contributed by atoms with van der Waals surface area (Å²) in [5.41, 5.74) is 2.41. The van der Waals surface area contributed by atoms with Crippen LogP contribution in [0.4, 0.5) is 0 Å². The fourth-order valence-corrected chi connectivity index (χ4v) is 2.89. The van der Waals surface area contributed by atoms with E-state index in [9.17, 15) is 4.79 Å². The number of aryl methyl sites for hydroxylation is 1. The molecule has 2 aromatic carbocycles. The van der Waals surface area contributed by atoms with Gasteiger partial charge in [-0.2, -0.15) is 0 Å². The highest BCUT2D eigenvalue weighted by Gasteiger charge is 2.05. The molecule has 2 rings (SSSR count). The molecule has 2 aromatic rings. The van der Waals surface area contributed by atoms with E-state index in [-0.39, 0.29) is 5.78 Å². The van der Waals surface area contributed by atoms with Crippen LogP contribution in [-0.2, 0) is 17.6 Å². The van der Waals surface area contributed by atoms with Gasteiger partial charge >= 0.3 is 0 Å². The van der Waals surface area contributed by atoms with Crippen LogP contribution in [0, 0.1) is 0 Å². The Balaban J connectivity index is 1.84. The molecular weight excluding hydrogens is 332 g/mol. The predicted octanol–water partition coefficient (Wildman–Crippen LogP) is 4.92. The second kappa shape index (κ2) is 7.65. The lowest BCUT2D eigenvalue weighted by Gasteiger charge is -2.03. The summed E-state index contributed by atoms with van der Waals surface area (Å²) in [6, 6.07) is 16.4. The molecule has 3 heteroatoms. The minimum absolute atomic E-state index is 0.266. The number of halogens is 1. The lowest BCUT2D eigenvalue weighted by atomic mass is 10.1.